The first-order chi connectivity index (χ1) is 9.78. The molecule has 0 saturated heterocycles. The molecule has 0 fully saturated rings. The SMILES string of the molecule is CCCc1nc(NC(=O)COCc2ccccc2)n[nH]1. The highest BCUT2D eigenvalue weighted by Gasteiger charge is 2.07. The highest BCUT2D eigenvalue weighted by atomic mass is 16.5. The van der Waals surface area contributed by atoms with E-state index in [1.54, 1.807) is 0 Å². The molecule has 1 heterocycles. The van der Waals surface area contributed by atoms with Gasteiger partial charge in [-0.3, -0.25) is 15.2 Å². The third-order valence-corrected chi connectivity index (χ3v) is 2.61. The van der Waals surface area contributed by atoms with Crippen LogP contribution in [0, 0.1) is 0 Å². The molecule has 2 rings (SSSR count). The third-order valence-electron chi connectivity index (χ3n) is 2.61. The van der Waals surface area contributed by atoms with Crippen molar-refractivity contribution in [3.8, 4) is 0 Å². The topological polar surface area (TPSA) is 79.9 Å². The van der Waals surface area contributed by atoms with Gasteiger partial charge in [0.25, 0.3) is 5.91 Å². The summed E-state index contributed by atoms with van der Waals surface area (Å²) in [7, 11) is 0. The second kappa shape index (κ2) is 7.40. The van der Waals surface area contributed by atoms with Crippen molar-refractivity contribution < 1.29 is 9.53 Å². The lowest BCUT2D eigenvalue weighted by atomic mass is 10.2. The van der Waals surface area contributed by atoms with Crippen molar-refractivity contribution in [2.45, 2.75) is 26.4 Å². The van der Waals surface area contributed by atoms with Crippen molar-refractivity contribution in [2.75, 3.05) is 11.9 Å². The number of aryl methyl sites for hydroxylation is 1. The Bertz CT molecular complexity index is 539. The van der Waals surface area contributed by atoms with Crippen LogP contribution in [0.15, 0.2) is 30.3 Å². The van der Waals surface area contributed by atoms with Gasteiger partial charge >= 0.3 is 0 Å². The first-order valence-electron chi connectivity index (χ1n) is 6.60. The predicted octanol–water partition coefficient (Wildman–Crippen LogP) is 1.91. The fourth-order valence-electron chi connectivity index (χ4n) is 1.70. The number of benzene rings is 1. The fraction of sp³-hybridized carbons (Fsp3) is 0.357. The smallest absolute Gasteiger partial charge is 0.252 e. The van der Waals surface area contributed by atoms with Gasteiger partial charge in [-0.05, 0) is 12.0 Å². The largest absolute Gasteiger partial charge is 0.367 e. The average molecular weight is 274 g/mol. The summed E-state index contributed by atoms with van der Waals surface area (Å²) in [6.07, 6.45) is 1.79. The van der Waals surface area contributed by atoms with E-state index in [0.717, 1.165) is 24.2 Å². The maximum absolute atomic E-state index is 11.6. The normalized spacial score (nSPS) is 10.4. The van der Waals surface area contributed by atoms with Crippen LogP contribution in [0.4, 0.5) is 5.95 Å². The summed E-state index contributed by atoms with van der Waals surface area (Å²) in [5.41, 5.74) is 1.03. The number of nitrogens with zero attached hydrogens (tertiary/aromatic N) is 2. The molecule has 2 N–H and O–H groups in total. The summed E-state index contributed by atoms with van der Waals surface area (Å²) in [4.78, 5) is 15.8. The van der Waals surface area contributed by atoms with E-state index in [1.807, 2.05) is 30.3 Å². The minimum absolute atomic E-state index is 0.0213. The van der Waals surface area contributed by atoms with Crippen LogP contribution in [-0.4, -0.2) is 27.7 Å². The predicted molar refractivity (Wildman–Crippen MR) is 75.1 cm³/mol. The van der Waals surface area contributed by atoms with Gasteiger partial charge in [-0.1, -0.05) is 37.3 Å². The number of H-pyrrole nitrogens is 1. The molecule has 6 nitrogen and oxygen atoms in total. The number of nitrogens with one attached hydrogen (secondary N) is 2. The lowest BCUT2D eigenvalue weighted by Gasteiger charge is -2.03. The number of amides is 1. The third kappa shape index (κ3) is 4.47. The second-order valence-electron chi connectivity index (χ2n) is 4.38. The van der Waals surface area contributed by atoms with Gasteiger partial charge in [0, 0.05) is 6.42 Å². The van der Waals surface area contributed by atoms with Gasteiger partial charge in [-0.15, -0.1) is 5.10 Å². The zero-order valence-electron chi connectivity index (χ0n) is 11.4. The molecule has 20 heavy (non-hydrogen) atoms. The van der Waals surface area contributed by atoms with Crippen molar-refractivity contribution >= 4 is 11.9 Å². The van der Waals surface area contributed by atoms with Crippen molar-refractivity contribution in [1.29, 1.82) is 0 Å². The molecule has 0 aliphatic carbocycles. The van der Waals surface area contributed by atoms with Gasteiger partial charge in [0.2, 0.25) is 5.95 Å². The van der Waals surface area contributed by atoms with E-state index in [0.29, 0.717) is 12.6 Å². The Hall–Kier alpha value is -2.21. The van der Waals surface area contributed by atoms with Crippen LogP contribution in [-0.2, 0) is 22.6 Å². The Kier molecular flexibility index (Phi) is 5.25. The number of carbonyl (C=O) groups is 1. The molecule has 0 spiro atoms. The van der Waals surface area contributed by atoms with Crippen LogP contribution < -0.4 is 5.32 Å². The first kappa shape index (κ1) is 14.2. The number of hydrogen-bond acceptors (Lipinski definition) is 4. The van der Waals surface area contributed by atoms with Gasteiger partial charge in [0.1, 0.15) is 12.4 Å². The summed E-state index contributed by atoms with van der Waals surface area (Å²) in [5, 5.41) is 9.28. The molecule has 0 aliphatic rings. The van der Waals surface area contributed by atoms with Gasteiger partial charge in [-0.2, -0.15) is 4.98 Å². The van der Waals surface area contributed by atoms with E-state index in [1.165, 1.54) is 0 Å². The number of carbonyl (C=O) groups excluding carboxylic acids is 1. The molecule has 1 aromatic carbocycles. The van der Waals surface area contributed by atoms with Crippen LogP contribution in [0.1, 0.15) is 24.7 Å². The summed E-state index contributed by atoms with van der Waals surface area (Å²) in [5.74, 6) is 0.803. The van der Waals surface area contributed by atoms with Crippen LogP contribution in [0.5, 0.6) is 0 Å². The molecule has 2 aromatic rings. The van der Waals surface area contributed by atoms with E-state index in [-0.39, 0.29) is 12.5 Å². The van der Waals surface area contributed by atoms with Crippen LogP contribution in [0.2, 0.25) is 0 Å². The van der Waals surface area contributed by atoms with Gasteiger partial charge in [0.15, 0.2) is 0 Å². The zero-order chi connectivity index (χ0) is 14.2. The van der Waals surface area contributed by atoms with Gasteiger partial charge in [-0.25, -0.2) is 0 Å². The van der Waals surface area contributed by atoms with Crippen LogP contribution >= 0.6 is 0 Å². The molecule has 1 aromatic heterocycles. The molecule has 1 amide bonds. The number of hydrogen-bond donors (Lipinski definition) is 2. The van der Waals surface area contributed by atoms with Crippen molar-refractivity contribution in [2.24, 2.45) is 0 Å². The summed E-state index contributed by atoms with van der Waals surface area (Å²) >= 11 is 0. The first-order valence-corrected chi connectivity index (χ1v) is 6.60. The summed E-state index contributed by atoms with van der Waals surface area (Å²) < 4.78 is 5.33. The lowest BCUT2D eigenvalue weighted by molar-refractivity contribution is -0.121. The maximum atomic E-state index is 11.6. The molecular formula is C14H18N4O2. The molecule has 0 bridgehead atoms. The molecule has 0 unspecified atom stereocenters. The Morgan fingerprint density at radius 3 is 2.90 bits per heavy atom. The minimum atomic E-state index is -0.261. The summed E-state index contributed by atoms with van der Waals surface area (Å²) in [6, 6.07) is 9.70. The number of ether oxygens (including phenoxy) is 1. The van der Waals surface area contributed by atoms with Gasteiger partial charge in [0.05, 0.1) is 6.61 Å². The molecule has 106 valence electrons. The number of aromatic amines is 1. The van der Waals surface area contributed by atoms with E-state index in [4.69, 9.17) is 4.74 Å². The van der Waals surface area contributed by atoms with Crippen molar-refractivity contribution in [1.82, 2.24) is 15.2 Å². The maximum Gasteiger partial charge on any atom is 0.252 e. The molecule has 0 aliphatic heterocycles. The molecule has 0 radical (unpaired) electrons. The number of anilines is 1. The standard InChI is InChI=1S/C14H18N4O2/c1-2-6-12-15-14(18-17-12)16-13(19)10-20-9-11-7-4-3-5-8-11/h3-5,7-8H,2,6,9-10H2,1H3,(H2,15,16,17,18,19). The lowest BCUT2D eigenvalue weighted by Crippen LogP contribution is -2.19. The Morgan fingerprint density at radius 2 is 2.15 bits per heavy atom. The highest BCUT2D eigenvalue weighted by Crippen LogP contribution is 2.02. The Morgan fingerprint density at radius 1 is 1.35 bits per heavy atom. The molecule has 0 saturated carbocycles. The number of aromatic nitrogens is 3. The quantitative estimate of drug-likeness (QED) is 0.808. The van der Waals surface area contributed by atoms with E-state index < -0.39 is 0 Å². The second-order valence-corrected chi connectivity index (χ2v) is 4.38. The van der Waals surface area contributed by atoms with Crippen LogP contribution in [0.3, 0.4) is 0 Å². The molecular weight excluding hydrogens is 256 g/mol. The minimum Gasteiger partial charge on any atom is -0.367 e. The zero-order valence-corrected chi connectivity index (χ0v) is 11.4. The van der Waals surface area contributed by atoms with E-state index in [9.17, 15) is 4.79 Å². The van der Waals surface area contributed by atoms with Gasteiger partial charge < -0.3 is 4.74 Å². The molecule has 6 heteroatoms. The van der Waals surface area contributed by atoms with E-state index in [2.05, 4.69) is 27.4 Å². The van der Waals surface area contributed by atoms with Crippen molar-refractivity contribution in [3.63, 3.8) is 0 Å². The highest BCUT2D eigenvalue weighted by molar-refractivity contribution is 5.89. The van der Waals surface area contributed by atoms with Crippen LogP contribution in [0.25, 0.3) is 0 Å². The van der Waals surface area contributed by atoms with Crippen molar-refractivity contribution in [3.05, 3.63) is 41.7 Å². The Balaban J connectivity index is 1.72. The fourth-order valence-corrected chi connectivity index (χ4v) is 1.70. The monoisotopic (exact) mass is 274 g/mol. The van der Waals surface area contributed by atoms with E-state index >= 15 is 0 Å². The summed E-state index contributed by atoms with van der Waals surface area (Å²) in [6.45, 7) is 2.44. The number of rotatable bonds is 7. The molecule has 0 atom stereocenters. The average Bonchev–Trinajstić information content (AvgIpc) is 2.88. The Labute approximate surface area is 117 Å².